The number of rotatable bonds is 2. The molecule has 2 aliphatic heterocycles. The fourth-order valence-corrected chi connectivity index (χ4v) is 5.34. The molecule has 28 heavy (non-hydrogen) atoms. The Labute approximate surface area is 168 Å². The van der Waals surface area contributed by atoms with Gasteiger partial charge in [0.05, 0.1) is 12.2 Å². The first-order valence-electron chi connectivity index (χ1n) is 9.68. The quantitative estimate of drug-likeness (QED) is 0.831. The Morgan fingerprint density at radius 3 is 2.57 bits per heavy atom. The molecule has 6 nitrogen and oxygen atoms in total. The molecular weight excluding hydrogens is 376 g/mol. The maximum absolute atomic E-state index is 12.9. The second-order valence-electron chi connectivity index (χ2n) is 8.63. The van der Waals surface area contributed by atoms with Crippen LogP contribution in [-0.4, -0.2) is 46.1 Å². The minimum atomic E-state index is -0.884. The van der Waals surface area contributed by atoms with Gasteiger partial charge < -0.3 is 19.3 Å². The van der Waals surface area contributed by atoms with Gasteiger partial charge in [0.2, 0.25) is 0 Å². The standard InChI is InChI=1S/C21H26N2O4S/c1-20(2,3)23-8-4-15(13-23)18(24)22-9-6-21(7-10-22)17-14(5-11-27-21)12-16(28-17)19(25)26/h4,8,12-13H,5-7,9-11H2,1-3H3,(H,25,26). The summed E-state index contributed by atoms with van der Waals surface area (Å²) in [5.41, 5.74) is 1.30. The average Bonchev–Trinajstić information content (AvgIpc) is 3.30. The van der Waals surface area contributed by atoms with Crippen LogP contribution in [0.15, 0.2) is 24.5 Å². The number of carboxylic acid groups (broad SMARTS) is 1. The smallest absolute Gasteiger partial charge is 0.345 e. The summed E-state index contributed by atoms with van der Waals surface area (Å²) in [5, 5.41) is 9.34. The molecule has 2 aromatic heterocycles. The van der Waals surface area contributed by atoms with Crippen molar-refractivity contribution in [3.8, 4) is 0 Å². The molecule has 1 amide bonds. The van der Waals surface area contributed by atoms with Crippen LogP contribution in [-0.2, 0) is 22.3 Å². The van der Waals surface area contributed by atoms with Gasteiger partial charge in [0.1, 0.15) is 10.5 Å². The highest BCUT2D eigenvalue weighted by molar-refractivity contribution is 7.14. The van der Waals surface area contributed by atoms with Gasteiger partial charge in [-0.25, -0.2) is 4.79 Å². The number of carboxylic acids is 1. The molecule has 0 aromatic carbocycles. The maximum atomic E-state index is 12.9. The van der Waals surface area contributed by atoms with E-state index < -0.39 is 11.6 Å². The molecule has 1 N–H and O–H groups in total. The SMILES string of the molecule is CC(C)(C)n1ccc(C(=O)N2CCC3(CC2)OCCc2cc(C(=O)O)sc23)c1. The number of amides is 1. The average molecular weight is 403 g/mol. The lowest BCUT2D eigenvalue weighted by Crippen LogP contribution is -2.47. The Bertz CT molecular complexity index is 913. The number of thiophene rings is 1. The number of hydrogen-bond acceptors (Lipinski definition) is 4. The van der Waals surface area contributed by atoms with Crippen molar-refractivity contribution in [1.29, 1.82) is 0 Å². The Morgan fingerprint density at radius 2 is 1.96 bits per heavy atom. The van der Waals surface area contributed by atoms with Crippen molar-refractivity contribution >= 4 is 23.2 Å². The summed E-state index contributed by atoms with van der Waals surface area (Å²) in [7, 11) is 0. The summed E-state index contributed by atoms with van der Waals surface area (Å²) in [6.45, 7) is 8.15. The maximum Gasteiger partial charge on any atom is 0.345 e. The normalized spacial score (nSPS) is 18.9. The lowest BCUT2D eigenvalue weighted by molar-refractivity contribution is -0.0906. The van der Waals surface area contributed by atoms with Crippen molar-refractivity contribution in [2.75, 3.05) is 19.7 Å². The molecule has 4 heterocycles. The van der Waals surface area contributed by atoms with Crippen molar-refractivity contribution in [2.24, 2.45) is 0 Å². The number of likely N-dealkylation sites (tertiary alicyclic amines) is 1. The molecule has 1 fully saturated rings. The van der Waals surface area contributed by atoms with E-state index in [1.165, 1.54) is 11.3 Å². The molecule has 2 aliphatic rings. The molecule has 0 saturated carbocycles. The number of ether oxygens (including phenoxy) is 1. The first-order valence-corrected chi connectivity index (χ1v) is 10.5. The monoisotopic (exact) mass is 402 g/mol. The minimum absolute atomic E-state index is 0.0475. The summed E-state index contributed by atoms with van der Waals surface area (Å²) in [4.78, 5) is 27.6. The largest absolute Gasteiger partial charge is 0.477 e. The summed E-state index contributed by atoms with van der Waals surface area (Å²) >= 11 is 1.33. The molecule has 7 heteroatoms. The van der Waals surface area contributed by atoms with Gasteiger partial charge in [-0.1, -0.05) is 0 Å². The molecule has 0 unspecified atom stereocenters. The third-order valence-corrected chi connectivity index (χ3v) is 7.11. The van der Waals surface area contributed by atoms with Gasteiger partial charge in [0.25, 0.3) is 5.91 Å². The Morgan fingerprint density at radius 1 is 1.25 bits per heavy atom. The van der Waals surface area contributed by atoms with Gasteiger partial charge in [-0.2, -0.15) is 0 Å². The molecular formula is C21H26N2O4S. The zero-order valence-electron chi connectivity index (χ0n) is 16.5. The highest BCUT2D eigenvalue weighted by atomic mass is 32.1. The number of piperidine rings is 1. The van der Waals surface area contributed by atoms with E-state index in [4.69, 9.17) is 4.74 Å². The molecule has 0 radical (unpaired) electrons. The van der Waals surface area contributed by atoms with Crippen LogP contribution in [0, 0.1) is 0 Å². The van der Waals surface area contributed by atoms with E-state index in [9.17, 15) is 14.7 Å². The van der Waals surface area contributed by atoms with Gasteiger partial charge in [-0.05, 0) is 57.7 Å². The molecule has 150 valence electrons. The van der Waals surface area contributed by atoms with E-state index in [2.05, 4.69) is 25.3 Å². The Balaban J connectivity index is 1.50. The molecule has 4 rings (SSSR count). The van der Waals surface area contributed by atoms with Gasteiger partial charge >= 0.3 is 5.97 Å². The summed E-state index contributed by atoms with van der Waals surface area (Å²) in [6.07, 6.45) is 6.02. The number of nitrogens with zero attached hydrogens (tertiary/aromatic N) is 2. The van der Waals surface area contributed by atoms with Gasteiger partial charge in [0.15, 0.2) is 0 Å². The van der Waals surface area contributed by atoms with Crippen LogP contribution < -0.4 is 0 Å². The fraction of sp³-hybridized carbons (Fsp3) is 0.524. The van der Waals surface area contributed by atoms with Crippen molar-refractivity contribution in [3.05, 3.63) is 45.4 Å². The zero-order chi connectivity index (χ0) is 20.1. The predicted molar refractivity (Wildman–Crippen MR) is 107 cm³/mol. The summed E-state index contributed by atoms with van der Waals surface area (Å²) < 4.78 is 8.24. The highest BCUT2D eigenvalue weighted by Gasteiger charge is 2.43. The molecule has 1 spiro atoms. The number of carbonyl (C=O) groups excluding carboxylic acids is 1. The minimum Gasteiger partial charge on any atom is -0.477 e. The van der Waals surface area contributed by atoms with Crippen LogP contribution in [0.3, 0.4) is 0 Å². The van der Waals surface area contributed by atoms with E-state index in [0.717, 1.165) is 16.9 Å². The Hall–Kier alpha value is -2.12. The van der Waals surface area contributed by atoms with Crippen LogP contribution in [0.4, 0.5) is 0 Å². The lowest BCUT2D eigenvalue weighted by Gasteiger charge is -2.43. The first-order chi connectivity index (χ1) is 13.2. The van der Waals surface area contributed by atoms with Crippen LogP contribution >= 0.6 is 11.3 Å². The van der Waals surface area contributed by atoms with Crippen molar-refractivity contribution < 1.29 is 19.4 Å². The molecule has 0 aliphatic carbocycles. The van der Waals surface area contributed by atoms with E-state index in [1.54, 1.807) is 6.07 Å². The third kappa shape index (κ3) is 3.26. The third-order valence-electron chi connectivity index (χ3n) is 5.76. The highest BCUT2D eigenvalue weighted by Crippen LogP contribution is 2.45. The molecule has 1 saturated heterocycles. The van der Waals surface area contributed by atoms with Gasteiger partial charge in [-0.15, -0.1) is 11.3 Å². The topological polar surface area (TPSA) is 71.8 Å². The fourth-order valence-electron chi connectivity index (χ4n) is 4.09. The van der Waals surface area contributed by atoms with Gasteiger partial charge in [0, 0.05) is 35.9 Å². The van der Waals surface area contributed by atoms with Gasteiger partial charge in [-0.3, -0.25) is 4.79 Å². The van der Waals surface area contributed by atoms with Crippen LogP contribution in [0.25, 0.3) is 0 Å². The molecule has 2 aromatic rings. The molecule has 0 atom stereocenters. The van der Waals surface area contributed by atoms with Crippen LogP contribution in [0.1, 0.15) is 64.1 Å². The summed E-state index contributed by atoms with van der Waals surface area (Å²) in [6, 6.07) is 3.67. The van der Waals surface area contributed by atoms with Crippen molar-refractivity contribution in [1.82, 2.24) is 9.47 Å². The summed E-state index contributed by atoms with van der Waals surface area (Å²) in [5.74, 6) is -0.836. The van der Waals surface area contributed by atoms with E-state index >= 15 is 0 Å². The van der Waals surface area contributed by atoms with E-state index in [0.29, 0.717) is 43.0 Å². The van der Waals surface area contributed by atoms with E-state index in [1.807, 2.05) is 23.4 Å². The number of aromatic nitrogens is 1. The van der Waals surface area contributed by atoms with Crippen LogP contribution in [0.2, 0.25) is 0 Å². The Kier molecular flexibility index (Phi) is 4.62. The first kappa shape index (κ1) is 19.2. The number of aromatic carboxylic acids is 1. The molecule has 0 bridgehead atoms. The number of hydrogen-bond donors (Lipinski definition) is 1. The number of carbonyl (C=O) groups is 2. The lowest BCUT2D eigenvalue weighted by atomic mass is 9.85. The zero-order valence-corrected chi connectivity index (χ0v) is 17.3. The van der Waals surface area contributed by atoms with E-state index in [-0.39, 0.29) is 11.4 Å². The van der Waals surface area contributed by atoms with Crippen molar-refractivity contribution in [3.63, 3.8) is 0 Å². The second kappa shape index (κ2) is 6.74. The number of fused-ring (bicyclic) bond motifs is 2. The van der Waals surface area contributed by atoms with Crippen molar-refractivity contribution in [2.45, 2.75) is 51.2 Å². The van der Waals surface area contributed by atoms with Crippen LogP contribution in [0.5, 0.6) is 0 Å². The second-order valence-corrected chi connectivity index (χ2v) is 9.69. The predicted octanol–water partition coefficient (Wildman–Crippen LogP) is 3.71.